The highest BCUT2D eigenvalue weighted by Crippen LogP contribution is 2.32. The van der Waals surface area contributed by atoms with Gasteiger partial charge in [-0.2, -0.15) is 5.26 Å². The number of rotatable bonds is 4. The highest BCUT2D eigenvalue weighted by atomic mass is 35.5. The maximum absolute atomic E-state index is 9.34. The molecule has 0 aliphatic rings. The molecule has 3 aromatic rings. The minimum Gasteiger partial charge on any atom is -0.439 e. The fourth-order valence-corrected chi connectivity index (χ4v) is 2.42. The summed E-state index contributed by atoms with van der Waals surface area (Å²) in [5.74, 6) is 1.06. The second kappa shape index (κ2) is 6.47. The van der Waals surface area contributed by atoms with Gasteiger partial charge in [0.2, 0.25) is 5.88 Å². The molecule has 1 aromatic heterocycles. The van der Waals surface area contributed by atoms with Gasteiger partial charge in [-0.1, -0.05) is 41.9 Å². The molecule has 0 saturated heterocycles. The number of nitrogens with two attached hydrogens (primary N) is 1. The molecule has 2 aromatic carbocycles. The van der Waals surface area contributed by atoms with Crippen LogP contribution in [0.15, 0.2) is 60.7 Å². The summed E-state index contributed by atoms with van der Waals surface area (Å²) in [4.78, 5) is 0. The van der Waals surface area contributed by atoms with Crippen molar-refractivity contribution in [1.82, 2.24) is 4.57 Å². The van der Waals surface area contributed by atoms with Crippen molar-refractivity contribution in [1.29, 1.82) is 5.26 Å². The Bertz CT molecular complexity index is 848. The highest BCUT2D eigenvalue weighted by molar-refractivity contribution is 6.30. The summed E-state index contributed by atoms with van der Waals surface area (Å²) >= 11 is 5.88. The van der Waals surface area contributed by atoms with E-state index in [1.807, 2.05) is 30.3 Å². The van der Waals surface area contributed by atoms with Crippen LogP contribution >= 0.6 is 11.6 Å². The van der Waals surface area contributed by atoms with Gasteiger partial charge in [-0.05, 0) is 29.8 Å². The van der Waals surface area contributed by atoms with E-state index in [0.29, 0.717) is 34.6 Å². The standard InChI is InChI=1S/C18H14ClN3O/c19-14-6-8-16(9-7-14)23-18-17(21)10-15(11-20)22(18)12-13-4-2-1-3-5-13/h1-10H,12,21H2. The van der Waals surface area contributed by atoms with Crippen LogP contribution in [0.25, 0.3) is 0 Å². The Labute approximate surface area is 139 Å². The number of halogens is 1. The minimum absolute atomic E-state index is 0.424. The second-order valence-electron chi connectivity index (χ2n) is 5.03. The van der Waals surface area contributed by atoms with E-state index in [9.17, 15) is 5.26 Å². The van der Waals surface area contributed by atoms with Crippen molar-refractivity contribution in [2.45, 2.75) is 6.54 Å². The van der Waals surface area contributed by atoms with Gasteiger partial charge in [0, 0.05) is 11.1 Å². The maximum atomic E-state index is 9.34. The normalized spacial score (nSPS) is 10.3. The molecule has 0 spiro atoms. The number of benzene rings is 2. The molecular formula is C18H14ClN3O. The van der Waals surface area contributed by atoms with E-state index in [4.69, 9.17) is 22.1 Å². The first-order valence-corrected chi connectivity index (χ1v) is 7.41. The van der Waals surface area contributed by atoms with Gasteiger partial charge in [0.1, 0.15) is 17.5 Å². The Morgan fingerprint density at radius 2 is 1.78 bits per heavy atom. The molecule has 1 heterocycles. The van der Waals surface area contributed by atoms with Gasteiger partial charge in [-0.3, -0.25) is 4.57 Å². The lowest BCUT2D eigenvalue weighted by atomic mass is 10.2. The monoisotopic (exact) mass is 323 g/mol. The fourth-order valence-electron chi connectivity index (χ4n) is 2.30. The Hall–Kier alpha value is -2.90. The van der Waals surface area contributed by atoms with E-state index in [2.05, 4.69) is 6.07 Å². The summed E-state index contributed by atoms with van der Waals surface area (Å²) in [6.07, 6.45) is 0. The Kier molecular flexibility index (Phi) is 4.22. The third kappa shape index (κ3) is 3.31. The first-order chi connectivity index (χ1) is 11.2. The van der Waals surface area contributed by atoms with Crippen molar-refractivity contribution in [2.24, 2.45) is 0 Å². The van der Waals surface area contributed by atoms with E-state index in [-0.39, 0.29) is 0 Å². The number of nitrogen functional groups attached to an aromatic ring is 1. The lowest BCUT2D eigenvalue weighted by molar-refractivity contribution is 0.437. The van der Waals surface area contributed by atoms with E-state index >= 15 is 0 Å². The minimum atomic E-state index is 0.424. The zero-order chi connectivity index (χ0) is 16.2. The summed E-state index contributed by atoms with van der Waals surface area (Å²) in [5.41, 5.74) is 7.96. The summed E-state index contributed by atoms with van der Waals surface area (Å²) in [6.45, 7) is 0.504. The number of hydrogen-bond donors (Lipinski definition) is 1. The average Bonchev–Trinajstić information content (AvgIpc) is 2.86. The van der Waals surface area contributed by atoms with E-state index in [1.165, 1.54) is 0 Å². The first-order valence-electron chi connectivity index (χ1n) is 7.04. The summed E-state index contributed by atoms with van der Waals surface area (Å²) < 4.78 is 7.64. The van der Waals surface area contributed by atoms with Crippen LogP contribution < -0.4 is 10.5 Å². The molecule has 0 aliphatic heterocycles. The van der Waals surface area contributed by atoms with Gasteiger partial charge >= 0.3 is 0 Å². The van der Waals surface area contributed by atoms with Crippen molar-refractivity contribution >= 4 is 17.3 Å². The van der Waals surface area contributed by atoms with Gasteiger partial charge in [0.25, 0.3) is 0 Å². The van der Waals surface area contributed by atoms with E-state index in [0.717, 1.165) is 5.56 Å². The first kappa shape index (κ1) is 15.0. The largest absolute Gasteiger partial charge is 0.439 e. The second-order valence-corrected chi connectivity index (χ2v) is 5.47. The molecule has 3 rings (SSSR count). The Morgan fingerprint density at radius 1 is 1.09 bits per heavy atom. The maximum Gasteiger partial charge on any atom is 0.224 e. The third-order valence-corrected chi connectivity index (χ3v) is 3.65. The lowest BCUT2D eigenvalue weighted by Gasteiger charge is -2.12. The molecule has 23 heavy (non-hydrogen) atoms. The molecular weight excluding hydrogens is 310 g/mol. The predicted octanol–water partition coefficient (Wildman–Crippen LogP) is 4.44. The molecule has 5 heteroatoms. The van der Waals surface area contributed by atoms with Crippen LogP contribution in [-0.4, -0.2) is 4.57 Å². The molecule has 0 radical (unpaired) electrons. The Morgan fingerprint density at radius 3 is 2.43 bits per heavy atom. The van der Waals surface area contributed by atoms with Gasteiger partial charge in [0.05, 0.1) is 12.2 Å². The van der Waals surface area contributed by atoms with E-state index in [1.54, 1.807) is 34.9 Å². The fraction of sp³-hybridized carbons (Fsp3) is 0.0556. The highest BCUT2D eigenvalue weighted by Gasteiger charge is 2.15. The molecule has 0 atom stereocenters. The molecule has 0 aliphatic carbocycles. The molecule has 4 nitrogen and oxygen atoms in total. The zero-order valence-electron chi connectivity index (χ0n) is 12.2. The number of anilines is 1. The van der Waals surface area contributed by atoms with Gasteiger partial charge in [-0.15, -0.1) is 0 Å². The van der Waals surface area contributed by atoms with Crippen LogP contribution in [0.4, 0.5) is 5.69 Å². The van der Waals surface area contributed by atoms with Crippen LogP contribution in [0.3, 0.4) is 0 Å². The quantitative estimate of drug-likeness (QED) is 0.772. The number of ether oxygens (including phenoxy) is 1. The van der Waals surface area contributed by atoms with Gasteiger partial charge < -0.3 is 10.5 Å². The molecule has 2 N–H and O–H groups in total. The number of nitrogens with zero attached hydrogens (tertiary/aromatic N) is 2. The zero-order valence-corrected chi connectivity index (χ0v) is 13.0. The van der Waals surface area contributed by atoms with Gasteiger partial charge in [0.15, 0.2) is 0 Å². The molecule has 0 fully saturated rings. The Balaban J connectivity index is 1.97. The van der Waals surface area contributed by atoms with Crippen LogP contribution in [0, 0.1) is 11.3 Å². The van der Waals surface area contributed by atoms with E-state index < -0.39 is 0 Å². The van der Waals surface area contributed by atoms with Crippen LogP contribution in [0.5, 0.6) is 11.6 Å². The topological polar surface area (TPSA) is 64.0 Å². The SMILES string of the molecule is N#Cc1cc(N)c(Oc2ccc(Cl)cc2)n1Cc1ccccc1. The smallest absolute Gasteiger partial charge is 0.224 e. The van der Waals surface area contributed by atoms with Crippen molar-refractivity contribution in [3.63, 3.8) is 0 Å². The summed E-state index contributed by atoms with van der Waals surface area (Å²) in [7, 11) is 0. The lowest BCUT2D eigenvalue weighted by Crippen LogP contribution is -2.05. The molecule has 114 valence electrons. The predicted molar refractivity (Wildman–Crippen MR) is 90.6 cm³/mol. The molecule has 0 unspecified atom stereocenters. The van der Waals surface area contributed by atoms with Crippen molar-refractivity contribution < 1.29 is 4.74 Å². The average molecular weight is 324 g/mol. The number of aromatic nitrogens is 1. The summed E-state index contributed by atoms with van der Waals surface area (Å²) in [6, 6.07) is 20.6. The molecule has 0 saturated carbocycles. The number of hydrogen-bond acceptors (Lipinski definition) is 3. The van der Waals surface area contributed by atoms with Crippen molar-refractivity contribution in [3.05, 3.63) is 76.9 Å². The van der Waals surface area contributed by atoms with Gasteiger partial charge in [-0.25, -0.2) is 0 Å². The van der Waals surface area contributed by atoms with Crippen LogP contribution in [-0.2, 0) is 6.54 Å². The van der Waals surface area contributed by atoms with Crippen molar-refractivity contribution in [2.75, 3.05) is 5.73 Å². The van der Waals surface area contributed by atoms with Crippen LogP contribution in [0.2, 0.25) is 5.02 Å². The number of nitriles is 1. The summed E-state index contributed by atoms with van der Waals surface area (Å²) in [5, 5.41) is 9.96. The third-order valence-electron chi connectivity index (χ3n) is 3.40. The molecule has 0 bridgehead atoms. The van der Waals surface area contributed by atoms with Crippen molar-refractivity contribution in [3.8, 4) is 17.7 Å². The molecule has 0 amide bonds. The van der Waals surface area contributed by atoms with Crippen LogP contribution in [0.1, 0.15) is 11.3 Å².